The summed E-state index contributed by atoms with van der Waals surface area (Å²) < 4.78 is 3.96. The van der Waals surface area contributed by atoms with E-state index >= 15 is 0 Å². The summed E-state index contributed by atoms with van der Waals surface area (Å²) in [6.07, 6.45) is 3.81. The van der Waals surface area contributed by atoms with Crippen molar-refractivity contribution in [2.45, 2.75) is 24.5 Å². The maximum absolute atomic E-state index is 10.5. The minimum absolute atomic E-state index is 0.103. The predicted molar refractivity (Wildman–Crippen MR) is 69.6 cm³/mol. The maximum Gasteiger partial charge on any atom is 0.270 e. The largest absolute Gasteiger partial charge is 0.329 e. The molecule has 0 aromatic heterocycles. The first-order chi connectivity index (χ1) is 7.66. The number of rotatable bonds is 4. The van der Waals surface area contributed by atoms with Crippen molar-refractivity contribution in [3.63, 3.8) is 0 Å². The van der Waals surface area contributed by atoms with Crippen LogP contribution in [0.3, 0.4) is 0 Å². The van der Waals surface area contributed by atoms with Crippen LogP contribution in [0, 0.1) is 10.1 Å². The second-order valence-electron chi connectivity index (χ2n) is 3.69. The van der Waals surface area contributed by atoms with Gasteiger partial charge in [0.2, 0.25) is 0 Å². The molecule has 0 amide bonds. The minimum Gasteiger partial charge on any atom is -0.329 e. The van der Waals surface area contributed by atoms with Gasteiger partial charge >= 0.3 is 0 Å². The van der Waals surface area contributed by atoms with E-state index in [1.54, 1.807) is 18.0 Å². The van der Waals surface area contributed by atoms with Gasteiger partial charge in [0.25, 0.3) is 5.69 Å². The smallest absolute Gasteiger partial charge is 0.270 e. The number of hydrogen-bond donors (Lipinski definition) is 1. The molecule has 1 aliphatic rings. The molecule has 0 radical (unpaired) electrons. The fourth-order valence-corrected chi connectivity index (χ4v) is 2.97. The van der Waals surface area contributed by atoms with Gasteiger partial charge in [-0.3, -0.25) is 10.1 Å². The van der Waals surface area contributed by atoms with E-state index in [-0.39, 0.29) is 5.69 Å². The van der Waals surface area contributed by atoms with Crippen molar-refractivity contribution in [3.05, 3.63) is 32.8 Å². The molecule has 0 spiro atoms. The van der Waals surface area contributed by atoms with Gasteiger partial charge in [-0.25, -0.2) is 0 Å². The maximum atomic E-state index is 10.5. The monoisotopic (exact) mass is 302 g/mol. The van der Waals surface area contributed by atoms with Crippen molar-refractivity contribution in [1.29, 1.82) is 0 Å². The van der Waals surface area contributed by atoms with E-state index < -0.39 is 4.92 Å². The van der Waals surface area contributed by atoms with Crippen molar-refractivity contribution in [1.82, 2.24) is 0 Å². The van der Waals surface area contributed by atoms with Crippen LogP contribution < -0.4 is 4.72 Å². The zero-order chi connectivity index (χ0) is 11.5. The molecule has 2 rings (SSSR count). The fraction of sp³-hybridized carbons (Fsp3) is 0.400. The van der Waals surface area contributed by atoms with E-state index in [9.17, 15) is 10.1 Å². The van der Waals surface area contributed by atoms with Gasteiger partial charge in [-0.15, -0.1) is 0 Å². The Kier molecular flexibility index (Phi) is 3.70. The van der Waals surface area contributed by atoms with Crippen molar-refractivity contribution in [2.24, 2.45) is 0 Å². The van der Waals surface area contributed by atoms with Crippen LogP contribution in [0.2, 0.25) is 0 Å². The standard InChI is InChI=1S/C10H11BrN2O2S/c11-9-6-7(13(14)15)4-5-10(9)12-16-8-2-1-3-8/h4-6,8,12H,1-3H2. The molecule has 0 unspecified atom stereocenters. The SMILES string of the molecule is O=[N+]([O-])c1ccc(NSC2CCC2)c(Br)c1. The molecule has 0 saturated heterocycles. The summed E-state index contributed by atoms with van der Waals surface area (Å²) in [4.78, 5) is 10.1. The molecule has 4 nitrogen and oxygen atoms in total. The van der Waals surface area contributed by atoms with E-state index in [0.29, 0.717) is 5.25 Å². The first kappa shape index (κ1) is 11.7. The van der Waals surface area contributed by atoms with E-state index in [1.165, 1.54) is 31.4 Å². The molecule has 6 heteroatoms. The Bertz CT molecular complexity index is 410. The van der Waals surface area contributed by atoms with Gasteiger partial charge in [0.15, 0.2) is 0 Å². The average molecular weight is 303 g/mol. The lowest BCUT2D eigenvalue weighted by molar-refractivity contribution is -0.384. The molecule has 1 N–H and O–H groups in total. The molecule has 1 fully saturated rings. The van der Waals surface area contributed by atoms with Crippen LogP contribution in [0.25, 0.3) is 0 Å². The summed E-state index contributed by atoms with van der Waals surface area (Å²) in [5.41, 5.74) is 0.994. The van der Waals surface area contributed by atoms with Gasteiger partial charge in [-0.2, -0.15) is 0 Å². The van der Waals surface area contributed by atoms with Gasteiger partial charge in [0.1, 0.15) is 0 Å². The molecule has 86 valence electrons. The van der Waals surface area contributed by atoms with Crippen LogP contribution in [0.15, 0.2) is 22.7 Å². The summed E-state index contributed by atoms with van der Waals surface area (Å²) in [6, 6.07) is 4.76. The molecule has 1 aliphatic carbocycles. The van der Waals surface area contributed by atoms with Gasteiger partial charge in [-0.1, -0.05) is 6.42 Å². The third-order valence-electron chi connectivity index (χ3n) is 2.55. The third-order valence-corrected chi connectivity index (χ3v) is 4.35. The van der Waals surface area contributed by atoms with E-state index in [4.69, 9.17) is 0 Å². The zero-order valence-corrected chi connectivity index (χ0v) is 10.9. The highest BCUT2D eigenvalue weighted by molar-refractivity contribution is 9.10. The van der Waals surface area contributed by atoms with E-state index in [1.807, 2.05) is 0 Å². The number of benzene rings is 1. The van der Waals surface area contributed by atoms with E-state index in [0.717, 1.165) is 10.2 Å². The van der Waals surface area contributed by atoms with E-state index in [2.05, 4.69) is 20.7 Å². The summed E-state index contributed by atoms with van der Waals surface area (Å²) in [6.45, 7) is 0. The molecule has 16 heavy (non-hydrogen) atoms. The molecule has 0 aliphatic heterocycles. The van der Waals surface area contributed by atoms with Crippen LogP contribution in [0.5, 0.6) is 0 Å². The third kappa shape index (κ3) is 2.68. The first-order valence-electron chi connectivity index (χ1n) is 5.02. The van der Waals surface area contributed by atoms with Crippen LogP contribution in [-0.4, -0.2) is 10.2 Å². The Morgan fingerprint density at radius 1 is 1.50 bits per heavy atom. The van der Waals surface area contributed by atoms with Gasteiger partial charge in [0.05, 0.1) is 10.6 Å². The second-order valence-corrected chi connectivity index (χ2v) is 5.65. The van der Waals surface area contributed by atoms with Crippen LogP contribution >= 0.6 is 27.9 Å². The fourth-order valence-electron chi connectivity index (χ4n) is 1.34. The highest BCUT2D eigenvalue weighted by atomic mass is 79.9. The van der Waals surface area contributed by atoms with Gasteiger partial charge in [-0.05, 0) is 46.8 Å². The number of hydrogen-bond acceptors (Lipinski definition) is 4. The number of halogens is 1. The van der Waals surface area contributed by atoms with Crippen LogP contribution in [0.1, 0.15) is 19.3 Å². The molecule has 1 aromatic carbocycles. The lowest BCUT2D eigenvalue weighted by atomic mass is 10.0. The van der Waals surface area contributed by atoms with Crippen molar-refractivity contribution in [3.8, 4) is 0 Å². The lowest BCUT2D eigenvalue weighted by Crippen LogP contribution is -2.15. The quantitative estimate of drug-likeness (QED) is 0.519. The summed E-state index contributed by atoms with van der Waals surface area (Å²) in [5.74, 6) is 0. The Hall–Kier alpha value is -0.750. The predicted octanol–water partition coefficient (Wildman–Crippen LogP) is 3.97. The number of nitrogens with one attached hydrogen (secondary N) is 1. The molecule has 1 saturated carbocycles. The number of nitro groups is 1. The first-order valence-corrected chi connectivity index (χ1v) is 6.69. The highest BCUT2D eigenvalue weighted by Crippen LogP contribution is 2.34. The number of nitrogens with zero attached hydrogens (tertiary/aromatic N) is 1. The molecule has 1 aromatic rings. The minimum atomic E-state index is -0.395. The van der Waals surface area contributed by atoms with Crippen molar-refractivity contribution >= 4 is 39.3 Å². The summed E-state index contributed by atoms with van der Waals surface area (Å²) in [7, 11) is 0. The zero-order valence-electron chi connectivity index (χ0n) is 8.48. The molecular weight excluding hydrogens is 292 g/mol. The molecule has 0 heterocycles. The normalized spacial score (nSPS) is 15.6. The average Bonchev–Trinajstić information content (AvgIpc) is 2.17. The molecular formula is C10H11BrN2O2S. The second kappa shape index (κ2) is 5.05. The van der Waals surface area contributed by atoms with Crippen LogP contribution in [-0.2, 0) is 0 Å². The summed E-state index contributed by atoms with van der Waals surface area (Å²) in [5, 5.41) is 11.2. The molecule has 0 bridgehead atoms. The number of anilines is 1. The Labute approximate surface area is 106 Å². The Morgan fingerprint density at radius 2 is 2.25 bits per heavy atom. The number of non-ortho nitro benzene ring substituents is 1. The summed E-state index contributed by atoms with van der Waals surface area (Å²) >= 11 is 5.02. The highest BCUT2D eigenvalue weighted by Gasteiger charge is 2.18. The van der Waals surface area contributed by atoms with Crippen molar-refractivity contribution in [2.75, 3.05) is 4.72 Å². The Morgan fingerprint density at radius 3 is 2.75 bits per heavy atom. The topological polar surface area (TPSA) is 55.2 Å². The Balaban J connectivity index is 2.00. The van der Waals surface area contributed by atoms with Gasteiger partial charge in [0, 0.05) is 21.9 Å². The van der Waals surface area contributed by atoms with Gasteiger partial charge < -0.3 is 4.72 Å². The van der Waals surface area contributed by atoms with Crippen molar-refractivity contribution < 1.29 is 4.92 Å². The lowest BCUT2D eigenvalue weighted by Gasteiger charge is -2.24. The number of nitro benzene ring substituents is 1. The molecule has 0 atom stereocenters. The van der Waals surface area contributed by atoms with Crippen LogP contribution in [0.4, 0.5) is 11.4 Å².